The summed E-state index contributed by atoms with van der Waals surface area (Å²) >= 11 is 0. The van der Waals surface area contributed by atoms with Crippen LogP contribution >= 0.6 is 0 Å². The van der Waals surface area contributed by atoms with E-state index in [1.807, 2.05) is 18.2 Å². The number of rotatable bonds is 8. The minimum Gasteiger partial charge on any atom is -0.497 e. The van der Waals surface area contributed by atoms with Crippen LogP contribution in [0.5, 0.6) is 17.2 Å². The summed E-state index contributed by atoms with van der Waals surface area (Å²) < 4.78 is 21.2. The lowest BCUT2D eigenvalue weighted by Crippen LogP contribution is -2.34. The maximum Gasteiger partial charge on any atom is 0.310 e. The summed E-state index contributed by atoms with van der Waals surface area (Å²) in [6, 6.07) is 12.6. The van der Waals surface area contributed by atoms with Crippen LogP contribution in [-0.2, 0) is 20.7 Å². The van der Waals surface area contributed by atoms with Crippen LogP contribution in [0.2, 0.25) is 0 Å². The molecule has 2 aromatic carbocycles. The molecule has 1 saturated heterocycles. The van der Waals surface area contributed by atoms with Gasteiger partial charge in [-0.05, 0) is 48.7 Å². The van der Waals surface area contributed by atoms with Crippen LogP contribution in [0.3, 0.4) is 0 Å². The third kappa shape index (κ3) is 5.03. The lowest BCUT2D eigenvalue weighted by atomic mass is 10.0. The largest absolute Gasteiger partial charge is 0.497 e. The van der Waals surface area contributed by atoms with Crippen molar-refractivity contribution in [2.24, 2.45) is 0 Å². The Bertz CT molecular complexity index is 880. The van der Waals surface area contributed by atoms with E-state index < -0.39 is 5.97 Å². The highest BCUT2D eigenvalue weighted by Crippen LogP contribution is 2.38. The number of hydrogen-bond acceptors (Lipinski definition) is 6. The first-order valence-corrected chi connectivity index (χ1v) is 9.85. The molecule has 1 aliphatic heterocycles. The summed E-state index contributed by atoms with van der Waals surface area (Å²) in [6.07, 6.45) is 1.79. The molecule has 0 bridgehead atoms. The highest BCUT2D eigenvalue weighted by Gasteiger charge is 2.32. The average molecular weight is 413 g/mol. The van der Waals surface area contributed by atoms with E-state index in [9.17, 15) is 9.59 Å². The molecule has 0 spiro atoms. The maximum absolute atomic E-state index is 12.8. The molecule has 1 fully saturated rings. The molecule has 0 unspecified atom stereocenters. The maximum atomic E-state index is 12.8. The van der Waals surface area contributed by atoms with Crippen molar-refractivity contribution in [3.05, 3.63) is 53.6 Å². The Morgan fingerprint density at radius 2 is 1.67 bits per heavy atom. The molecule has 0 aromatic heterocycles. The molecule has 0 saturated carbocycles. The number of methoxy groups -OCH3 is 3. The van der Waals surface area contributed by atoms with Gasteiger partial charge in [0.1, 0.15) is 17.2 Å². The molecule has 3 rings (SSSR count). The van der Waals surface area contributed by atoms with Crippen molar-refractivity contribution in [2.75, 3.05) is 34.5 Å². The fraction of sp³-hybridized carbons (Fsp3) is 0.391. The summed E-state index contributed by atoms with van der Waals surface area (Å²) in [5, 5.41) is 0. The molecule has 1 atom stereocenters. The third-order valence-electron chi connectivity index (χ3n) is 5.23. The lowest BCUT2D eigenvalue weighted by Gasteiger charge is -2.26. The number of ether oxygens (including phenoxy) is 4. The van der Waals surface area contributed by atoms with Gasteiger partial charge in [0.15, 0.2) is 6.61 Å². The van der Waals surface area contributed by atoms with E-state index in [0.29, 0.717) is 18.0 Å². The van der Waals surface area contributed by atoms with Crippen molar-refractivity contribution >= 4 is 11.9 Å². The molecule has 1 aliphatic rings. The molecule has 0 N–H and O–H groups in total. The lowest BCUT2D eigenvalue weighted by molar-refractivity contribution is -0.151. The Hall–Kier alpha value is -3.22. The van der Waals surface area contributed by atoms with Gasteiger partial charge in [0.05, 0.1) is 33.8 Å². The zero-order chi connectivity index (χ0) is 21.5. The van der Waals surface area contributed by atoms with Crippen molar-refractivity contribution in [2.45, 2.75) is 25.3 Å². The first-order valence-electron chi connectivity index (χ1n) is 9.85. The number of carbonyl (C=O) groups is 2. The highest BCUT2D eigenvalue weighted by atomic mass is 16.5. The Labute approximate surface area is 176 Å². The van der Waals surface area contributed by atoms with Gasteiger partial charge in [0.25, 0.3) is 5.91 Å². The summed E-state index contributed by atoms with van der Waals surface area (Å²) in [6.45, 7) is 0.331. The van der Waals surface area contributed by atoms with E-state index in [2.05, 4.69) is 0 Å². The minimum atomic E-state index is -0.441. The number of carbonyl (C=O) groups excluding carboxylic acids is 2. The van der Waals surface area contributed by atoms with Crippen molar-refractivity contribution in [1.29, 1.82) is 0 Å². The van der Waals surface area contributed by atoms with E-state index in [0.717, 1.165) is 29.7 Å². The Morgan fingerprint density at radius 1 is 0.967 bits per heavy atom. The van der Waals surface area contributed by atoms with Crippen LogP contribution in [0, 0.1) is 0 Å². The van der Waals surface area contributed by atoms with Crippen molar-refractivity contribution in [3.8, 4) is 17.2 Å². The molecule has 7 heteroatoms. The van der Waals surface area contributed by atoms with Gasteiger partial charge in [-0.15, -0.1) is 0 Å². The van der Waals surface area contributed by atoms with Gasteiger partial charge >= 0.3 is 5.97 Å². The molecule has 0 aliphatic carbocycles. The Balaban J connectivity index is 1.61. The van der Waals surface area contributed by atoms with Gasteiger partial charge in [-0.2, -0.15) is 0 Å². The van der Waals surface area contributed by atoms with Crippen molar-refractivity contribution in [3.63, 3.8) is 0 Å². The first-order chi connectivity index (χ1) is 14.5. The van der Waals surface area contributed by atoms with E-state index in [4.69, 9.17) is 18.9 Å². The van der Waals surface area contributed by atoms with Crippen LogP contribution < -0.4 is 14.2 Å². The summed E-state index contributed by atoms with van der Waals surface area (Å²) in [5.41, 5.74) is 1.70. The SMILES string of the molecule is COc1ccc(CC(=O)OCC(=O)N2CCC[C@@H]2c2cc(OC)ccc2OC)cc1. The fourth-order valence-corrected chi connectivity index (χ4v) is 3.67. The van der Waals surface area contributed by atoms with Gasteiger partial charge in [-0.3, -0.25) is 9.59 Å². The summed E-state index contributed by atoms with van der Waals surface area (Å²) in [4.78, 5) is 26.7. The van der Waals surface area contributed by atoms with Gasteiger partial charge in [-0.1, -0.05) is 12.1 Å². The van der Waals surface area contributed by atoms with Crippen LogP contribution in [0.1, 0.15) is 30.0 Å². The molecule has 1 heterocycles. The van der Waals surface area contributed by atoms with Gasteiger partial charge in [0, 0.05) is 12.1 Å². The van der Waals surface area contributed by atoms with E-state index in [1.165, 1.54) is 0 Å². The number of esters is 1. The molecular formula is C23H27NO6. The van der Waals surface area contributed by atoms with E-state index >= 15 is 0 Å². The van der Waals surface area contributed by atoms with Crippen LogP contribution in [-0.4, -0.2) is 51.3 Å². The average Bonchev–Trinajstić information content (AvgIpc) is 3.27. The zero-order valence-corrected chi connectivity index (χ0v) is 17.6. The van der Waals surface area contributed by atoms with Crippen LogP contribution in [0.25, 0.3) is 0 Å². The highest BCUT2D eigenvalue weighted by molar-refractivity contribution is 5.82. The van der Waals surface area contributed by atoms with Gasteiger partial charge in [0.2, 0.25) is 0 Å². The smallest absolute Gasteiger partial charge is 0.310 e. The number of likely N-dealkylation sites (tertiary alicyclic amines) is 1. The Kier molecular flexibility index (Phi) is 7.17. The quantitative estimate of drug-likeness (QED) is 0.619. The molecular weight excluding hydrogens is 386 g/mol. The molecule has 0 radical (unpaired) electrons. The molecule has 2 aromatic rings. The van der Waals surface area contributed by atoms with Gasteiger partial charge < -0.3 is 23.8 Å². The monoisotopic (exact) mass is 413 g/mol. The Morgan fingerprint density at radius 3 is 2.33 bits per heavy atom. The summed E-state index contributed by atoms with van der Waals surface area (Å²) in [7, 11) is 4.79. The minimum absolute atomic E-state index is 0.102. The van der Waals surface area contributed by atoms with E-state index in [-0.39, 0.29) is 25.0 Å². The molecule has 7 nitrogen and oxygen atoms in total. The second kappa shape index (κ2) is 10.0. The predicted molar refractivity (Wildman–Crippen MR) is 111 cm³/mol. The number of amides is 1. The number of nitrogens with zero attached hydrogens (tertiary/aromatic N) is 1. The standard InChI is InChI=1S/C23H27NO6/c1-27-17-8-6-16(7-9-17)13-23(26)30-15-22(25)24-12-4-5-20(24)19-14-18(28-2)10-11-21(19)29-3/h6-11,14,20H,4-5,12-13,15H2,1-3H3/t20-/m1/s1. The fourth-order valence-electron chi connectivity index (χ4n) is 3.67. The third-order valence-corrected chi connectivity index (χ3v) is 5.23. The number of hydrogen-bond donors (Lipinski definition) is 0. The topological polar surface area (TPSA) is 74.3 Å². The zero-order valence-electron chi connectivity index (χ0n) is 17.6. The van der Waals surface area contributed by atoms with Crippen LogP contribution in [0.4, 0.5) is 0 Å². The second-order valence-electron chi connectivity index (χ2n) is 7.04. The number of benzene rings is 2. The van der Waals surface area contributed by atoms with Gasteiger partial charge in [-0.25, -0.2) is 0 Å². The predicted octanol–water partition coefficient (Wildman–Crippen LogP) is 3.16. The van der Waals surface area contributed by atoms with Crippen molar-refractivity contribution < 1.29 is 28.5 Å². The molecule has 30 heavy (non-hydrogen) atoms. The second-order valence-corrected chi connectivity index (χ2v) is 7.04. The molecule has 160 valence electrons. The first kappa shape index (κ1) is 21.5. The normalized spacial score (nSPS) is 15.6. The van der Waals surface area contributed by atoms with E-state index in [1.54, 1.807) is 50.5 Å². The van der Waals surface area contributed by atoms with Crippen molar-refractivity contribution in [1.82, 2.24) is 4.90 Å². The van der Waals surface area contributed by atoms with Crippen LogP contribution in [0.15, 0.2) is 42.5 Å². The summed E-state index contributed by atoms with van der Waals surface area (Å²) in [5.74, 6) is 1.47. The molecule has 1 amide bonds.